The van der Waals surface area contributed by atoms with Gasteiger partial charge in [-0.1, -0.05) is 20.3 Å². The Labute approximate surface area is 106 Å². The van der Waals surface area contributed by atoms with Gasteiger partial charge in [-0.2, -0.15) is 0 Å². The molecule has 1 amide bonds. The molecule has 0 aliphatic carbocycles. The van der Waals surface area contributed by atoms with Gasteiger partial charge in [0.25, 0.3) is 0 Å². The number of nitrogens with zero attached hydrogens (tertiary/aromatic N) is 1. The van der Waals surface area contributed by atoms with Crippen LogP contribution in [0.5, 0.6) is 0 Å². The molecule has 1 saturated heterocycles. The molecule has 1 N–H and O–H groups in total. The van der Waals surface area contributed by atoms with Crippen molar-refractivity contribution in [1.29, 1.82) is 0 Å². The van der Waals surface area contributed by atoms with Crippen molar-refractivity contribution in [3.05, 3.63) is 0 Å². The van der Waals surface area contributed by atoms with Gasteiger partial charge in [-0.05, 0) is 38.1 Å². The third-order valence-corrected chi connectivity index (χ3v) is 3.59. The SMILES string of the molecule is CC(C)CCN(C)C(=O)CCC1CCCCN1. The topological polar surface area (TPSA) is 32.3 Å². The highest BCUT2D eigenvalue weighted by Gasteiger charge is 2.15. The molecule has 1 unspecified atom stereocenters. The Balaban J connectivity index is 2.14. The predicted octanol–water partition coefficient (Wildman–Crippen LogP) is 2.41. The van der Waals surface area contributed by atoms with E-state index >= 15 is 0 Å². The molecule has 0 saturated carbocycles. The van der Waals surface area contributed by atoms with Crippen molar-refractivity contribution in [2.75, 3.05) is 20.1 Å². The first-order valence-corrected chi connectivity index (χ1v) is 7.07. The molecular weight excluding hydrogens is 212 g/mol. The summed E-state index contributed by atoms with van der Waals surface area (Å²) < 4.78 is 0. The van der Waals surface area contributed by atoms with Crippen LogP contribution in [-0.4, -0.2) is 37.0 Å². The summed E-state index contributed by atoms with van der Waals surface area (Å²) in [5, 5.41) is 3.49. The van der Waals surface area contributed by atoms with Crippen molar-refractivity contribution in [3.63, 3.8) is 0 Å². The summed E-state index contributed by atoms with van der Waals surface area (Å²) in [5.41, 5.74) is 0. The van der Waals surface area contributed by atoms with Gasteiger partial charge in [0.15, 0.2) is 0 Å². The smallest absolute Gasteiger partial charge is 0.222 e. The normalized spacial score (nSPS) is 20.6. The zero-order chi connectivity index (χ0) is 12.7. The van der Waals surface area contributed by atoms with Crippen LogP contribution in [0.3, 0.4) is 0 Å². The van der Waals surface area contributed by atoms with Crippen molar-refractivity contribution in [3.8, 4) is 0 Å². The summed E-state index contributed by atoms with van der Waals surface area (Å²) in [6.07, 6.45) is 6.65. The minimum absolute atomic E-state index is 0.304. The van der Waals surface area contributed by atoms with E-state index in [9.17, 15) is 4.79 Å². The maximum atomic E-state index is 11.9. The fraction of sp³-hybridized carbons (Fsp3) is 0.929. The molecule has 1 heterocycles. The van der Waals surface area contributed by atoms with Gasteiger partial charge in [-0.25, -0.2) is 0 Å². The third kappa shape index (κ3) is 6.06. The van der Waals surface area contributed by atoms with Crippen LogP contribution >= 0.6 is 0 Å². The lowest BCUT2D eigenvalue weighted by atomic mass is 10.0. The second-order valence-electron chi connectivity index (χ2n) is 5.68. The molecular formula is C14H28N2O. The number of amides is 1. The van der Waals surface area contributed by atoms with Gasteiger partial charge in [-0.3, -0.25) is 4.79 Å². The molecule has 1 aliphatic heterocycles. The summed E-state index contributed by atoms with van der Waals surface area (Å²) in [6.45, 7) is 6.42. The highest BCUT2D eigenvalue weighted by molar-refractivity contribution is 5.75. The third-order valence-electron chi connectivity index (χ3n) is 3.59. The van der Waals surface area contributed by atoms with E-state index in [1.807, 2.05) is 11.9 Å². The highest BCUT2D eigenvalue weighted by Crippen LogP contribution is 2.12. The summed E-state index contributed by atoms with van der Waals surface area (Å²) >= 11 is 0. The van der Waals surface area contributed by atoms with Crippen LogP contribution in [0.4, 0.5) is 0 Å². The number of nitrogens with one attached hydrogen (secondary N) is 1. The van der Waals surface area contributed by atoms with Gasteiger partial charge in [-0.15, -0.1) is 0 Å². The number of rotatable bonds is 6. The molecule has 100 valence electrons. The Morgan fingerprint density at radius 2 is 2.18 bits per heavy atom. The minimum atomic E-state index is 0.304. The summed E-state index contributed by atoms with van der Waals surface area (Å²) in [6, 6.07) is 0.575. The van der Waals surface area contributed by atoms with Gasteiger partial charge < -0.3 is 10.2 Å². The standard InChI is InChI=1S/C14H28N2O/c1-12(2)9-11-16(3)14(17)8-7-13-6-4-5-10-15-13/h12-13,15H,4-11H2,1-3H3. The van der Waals surface area contributed by atoms with Gasteiger partial charge in [0.05, 0.1) is 0 Å². The summed E-state index contributed by atoms with van der Waals surface area (Å²) in [7, 11) is 1.93. The van der Waals surface area contributed by atoms with Crippen LogP contribution < -0.4 is 5.32 Å². The fourth-order valence-electron chi connectivity index (χ4n) is 2.24. The Hall–Kier alpha value is -0.570. The molecule has 3 nitrogen and oxygen atoms in total. The largest absolute Gasteiger partial charge is 0.346 e. The van der Waals surface area contributed by atoms with E-state index in [-0.39, 0.29) is 0 Å². The second-order valence-corrected chi connectivity index (χ2v) is 5.68. The monoisotopic (exact) mass is 240 g/mol. The molecule has 0 spiro atoms. The fourth-order valence-corrected chi connectivity index (χ4v) is 2.24. The van der Waals surface area contributed by atoms with Crippen LogP contribution in [0.1, 0.15) is 52.4 Å². The minimum Gasteiger partial charge on any atom is -0.346 e. The Bertz CT molecular complexity index is 222. The lowest BCUT2D eigenvalue weighted by Crippen LogP contribution is -2.36. The molecule has 0 aromatic heterocycles. The van der Waals surface area contributed by atoms with Crippen molar-refractivity contribution in [2.24, 2.45) is 5.92 Å². The molecule has 1 rings (SSSR count). The van der Waals surface area contributed by atoms with E-state index in [0.717, 1.165) is 25.9 Å². The molecule has 1 aliphatic rings. The number of hydrogen-bond donors (Lipinski definition) is 1. The number of carbonyl (C=O) groups is 1. The van der Waals surface area contributed by atoms with Crippen LogP contribution in [-0.2, 0) is 4.79 Å². The van der Waals surface area contributed by atoms with Crippen LogP contribution in [0, 0.1) is 5.92 Å². The molecule has 0 aromatic rings. The number of carbonyl (C=O) groups excluding carboxylic acids is 1. The Morgan fingerprint density at radius 1 is 1.41 bits per heavy atom. The van der Waals surface area contributed by atoms with Crippen molar-refractivity contribution in [1.82, 2.24) is 10.2 Å². The molecule has 0 aromatic carbocycles. The van der Waals surface area contributed by atoms with Crippen molar-refractivity contribution >= 4 is 5.91 Å². The maximum absolute atomic E-state index is 11.9. The first-order chi connectivity index (χ1) is 8.09. The van der Waals surface area contributed by atoms with Gasteiger partial charge in [0.2, 0.25) is 5.91 Å². The number of piperidine rings is 1. The summed E-state index contributed by atoms with van der Waals surface area (Å²) in [4.78, 5) is 13.8. The zero-order valence-corrected chi connectivity index (χ0v) is 11.7. The zero-order valence-electron chi connectivity index (χ0n) is 11.7. The van der Waals surface area contributed by atoms with E-state index in [0.29, 0.717) is 24.3 Å². The summed E-state index contributed by atoms with van der Waals surface area (Å²) in [5.74, 6) is 0.975. The van der Waals surface area contributed by atoms with E-state index < -0.39 is 0 Å². The van der Waals surface area contributed by atoms with Crippen molar-refractivity contribution in [2.45, 2.75) is 58.4 Å². The second kappa shape index (κ2) is 7.70. The molecule has 17 heavy (non-hydrogen) atoms. The Morgan fingerprint density at radius 3 is 2.76 bits per heavy atom. The molecule has 1 atom stereocenters. The van der Waals surface area contributed by atoms with Crippen LogP contribution in [0.25, 0.3) is 0 Å². The van der Waals surface area contributed by atoms with Gasteiger partial charge in [0.1, 0.15) is 0 Å². The van der Waals surface area contributed by atoms with Crippen LogP contribution in [0.15, 0.2) is 0 Å². The van der Waals surface area contributed by atoms with E-state index in [1.165, 1.54) is 19.3 Å². The van der Waals surface area contributed by atoms with Crippen LogP contribution in [0.2, 0.25) is 0 Å². The van der Waals surface area contributed by atoms with Gasteiger partial charge >= 0.3 is 0 Å². The maximum Gasteiger partial charge on any atom is 0.222 e. The number of hydrogen-bond acceptors (Lipinski definition) is 2. The van der Waals surface area contributed by atoms with E-state index in [4.69, 9.17) is 0 Å². The van der Waals surface area contributed by atoms with Gasteiger partial charge in [0, 0.05) is 26.1 Å². The Kier molecular flexibility index (Phi) is 6.56. The highest BCUT2D eigenvalue weighted by atomic mass is 16.2. The average molecular weight is 240 g/mol. The quantitative estimate of drug-likeness (QED) is 0.773. The predicted molar refractivity (Wildman–Crippen MR) is 72.0 cm³/mol. The van der Waals surface area contributed by atoms with E-state index in [2.05, 4.69) is 19.2 Å². The van der Waals surface area contributed by atoms with Crippen molar-refractivity contribution < 1.29 is 4.79 Å². The first kappa shape index (κ1) is 14.5. The molecule has 0 radical (unpaired) electrons. The molecule has 3 heteroatoms. The lowest BCUT2D eigenvalue weighted by molar-refractivity contribution is -0.130. The average Bonchev–Trinajstić information content (AvgIpc) is 2.34. The molecule has 0 bridgehead atoms. The first-order valence-electron chi connectivity index (χ1n) is 7.07. The lowest BCUT2D eigenvalue weighted by Gasteiger charge is -2.24. The molecule has 1 fully saturated rings. The van der Waals surface area contributed by atoms with E-state index in [1.54, 1.807) is 0 Å².